The number of hydrogen-bond acceptors (Lipinski definition) is 4. The molecular formula is C9H5Cl2F2N5. The molecule has 94 valence electrons. The zero-order valence-corrected chi connectivity index (χ0v) is 10.1. The monoisotopic (exact) mass is 291 g/mol. The van der Waals surface area contributed by atoms with Crippen LogP contribution in [0.4, 0.5) is 14.5 Å². The van der Waals surface area contributed by atoms with E-state index >= 15 is 0 Å². The molecule has 0 radical (unpaired) electrons. The van der Waals surface area contributed by atoms with Gasteiger partial charge in [0.1, 0.15) is 11.1 Å². The summed E-state index contributed by atoms with van der Waals surface area (Å²) in [4.78, 5) is 0. The van der Waals surface area contributed by atoms with Crippen molar-refractivity contribution in [3.05, 3.63) is 27.7 Å². The zero-order chi connectivity index (χ0) is 13.9. The topological polar surface area (TPSA) is 98.0 Å². The van der Waals surface area contributed by atoms with Gasteiger partial charge in [-0.3, -0.25) is 10.8 Å². The van der Waals surface area contributed by atoms with Crippen LogP contribution in [0.25, 0.3) is 0 Å². The predicted molar refractivity (Wildman–Crippen MR) is 65.0 cm³/mol. The second-order valence-corrected chi connectivity index (χ2v) is 3.73. The first-order valence-corrected chi connectivity index (χ1v) is 5.05. The molecule has 18 heavy (non-hydrogen) atoms. The molecule has 0 unspecified atom stereocenters. The summed E-state index contributed by atoms with van der Waals surface area (Å²) in [6.07, 6.45) is 0. The minimum absolute atomic E-state index is 0.347. The molecule has 1 aromatic carbocycles. The summed E-state index contributed by atoms with van der Waals surface area (Å²) < 4.78 is 26.6. The Kier molecular flexibility index (Phi) is 4.42. The molecule has 0 aliphatic rings. The van der Waals surface area contributed by atoms with Gasteiger partial charge in [0, 0.05) is 0 Å². The van der Waals surface area contributed by atoms with Crippen LogP contribution < -0.4 is 11.2 Å². The number of halogens is 4. The maximum atomic E-state index is 13.5. The van der Waals surface area contributed by atoms with E-state index in [1.54, 1.807) is 0 Å². The minimum Gasteiger partial charge on any atom is -0.382 e. The molecule has 1 aromatic rings. The molecule has 0 fully saturated rings. The average Bonchev–Trinajstić information content (AvgIpc) is 2.33. The van der Waals surface area contributed by atoms with Gasteiger partial charge in [0.15, 0.2) is 17.5 Å². The minimum atomic E-state index is -1.12. The molecule has 0 saturated heterocycles. The quantitative estimate of drug-likeness (QED) is 0.262. The Bertz CT molecular complexity index is 579. The van der Waals surface area contributed by atoms with Gasteiger partial charge in [-0.1, -0.05) is 23.2 Å². The summed E-state index contributed by atoms with van der Waals surface area (Å²) in [5, 5.41) is 17.7. The first-order chi connectivity index (χ1) is 8.38. The van der Waals surface area contributed by atoms with Crippen molar-refractivity contribution >= 4 is 40.4 Å². The number of benzene rings is 1. The average molecular weight is 292 g/mol. The second kappa shape index (κ2) is 5.62. The Morgan fingerprint density at radius 1 is 1.44 bits per heavy atom. The van der Waals surface area contributed by atoms with Crippen LogP contribution >= 0.6 is 23.2 Å². The highest BCUT2D eigenvalue weighted by Gasteiger charge is 2.16. The van der Waals surface area contributed by atoms with Gasteiger partial charge in [0.05, 0.1) is 10.7 Å². The van der Waals surface area contributed by atoms with Crippen molar-refractivity contribution in [3.8, 4) is 6.07 Å². The van der Waals surface area contributed by atoms with Gasteiger partial charge in [-0.2, -0.15) is 10.4 Å². The lowest BCUT2D eigenvalue weighted by Crippen LogP contribution is -2.22. The van der Waals surface area contributed by atoms with E-state index in [0.29, 0.717) is 0 Å². The molecule has 0 aliphatic carbocycles. The largest absolute Gasteiger partial charge is 0.382 e. The van der Waals surface area contributed by atoms with E-state index in [-0.39, 0.29) is 5.69 Å². The van der Waals surface area contributed by atoms with Gasteiger partial charge in [-0.05, 0) is 6.07 Å². The van der Waals surface area contributed by atoms with Crippen LogP contribution in [0.5, 0.6) is 0 Å². The number of nitrogens with zero attached hydrogens (tertiary/aromatic N) is 2. The first-order valence-electron chi connectivity index (χ1n) is 4.29. The third kappa shape index (κ3) is 2.85. The Morgan fingerprint density at radius 3 is 2.56 bits per heavy atom. The van der Waals surface area contributed by atoms with Crippen LogP contribution in [-0.4, -0.2) is 11.5 Å². The Balaban J connectivity index is 3.15. The molecule has 0 heterocycles. The molecule has 5 nitrogen and oxygen atoms in total. The number of rotatable bonds is 3. The standard InChI is InChI=1S/C9H5Cl2F2N5/c10-3-1-4(8(13)6(11)7(3)12)17-18-5(2-14)9(15)16/h1,17H,(H3,15,16)/b18-5+. The lowest BCUT2D eigenvalue weighted by atomic mass is 10.3. The van der Waals surface area contributed by atoms with E-state index < -0.39 is 33.2 Å². The van der Waals surface area contributed by atoms with Crippen molar-refractivity contribution < 1.29 is 8.78 Å². The third-order valence-corrected chi connectivity index (χ3v) is 2.36. The van der Waals surface area contributed by atoms with Crippen LogP contribution in [0.3, 0.4) is 0 Å². The van der Waals surface area contributed by atoms with Crippen molar-refractivity contribution in [2.24, 2.45) is 10.8 Å². The fourth-order valence-corrected chi connectivity index (χ4v) is 1.37. The van der Waals surface area contributed by atoms with Gasteiger partial charge >= 0.3 is 0 Å². The van der Waals surface area contributed by atoms with Crippen molar-refractivity contribution in [2.45, 2.75) is 0 Å². The Labute approximate surface area is 110 Å². The van der Waals surface area contributed by atoms with Gasteiger partial charge in [-0.25, -0.2) is 8.78 Å². The normalized spacial score (nSPS) is 10.9. The number of amidine groups is 1. The molecule has 0 amide bonds. The number of nitrogens with one attached hydrogen (secondary N) is 2. The lowest BCUT2D eigenvalue weighted by Gasteiger charge is -2.06. The lowest BCUT2D eigenvalue weighted by molar-refractivity contribution is 0.586. The molecule has 0 bridgehead atoms. The van der Waals surface area contributed by atoms with Crippen LogP contribution in [0.2, 0.25) is 10.0 Å². The highest BCUT2D eigenvalue weighted by Crippen LogP contribution is 2.31. The third-order valence-electron chi connectivity index (χ3n) is 1.75. The van der Waals surface area contributed by atoms with Gasteiger partial charge < -0.3 is 5.73 Å². The molecule has 0 saturated carbocycles. The summed E-state index contributed by atoms with van der Waals surface area (Å²) >= 11 is 10.8. The van der Waals surface area contributed by atoms with E-state index in [1.165, 1.54) is 6.07 Å². The van der Waals surface area contributed by atoms with Crippen LogP contribution in [0.15, 0.2) is 11.2 Å². The summed E-state index contributed by atoms with van der Waals surface area (Å²) in [6.45, 7) is 0. The fourth-order valence-electron chi connectivity index (χ4n) is 0.916. The smallest absolute Gasteiger partial charge is 0.201 e. The van der Waals surface area contributed by atoms with Gasteiger partial charge in [0.2, 0.25) is 5.71 Å². The van der Waals surface area contributed by atoms with Crippen LogP contribution in [-0.2, 0) is 0 Å². The molecule has 4 N–H and O–H groups in total. The molecule has 0 aliphatic heterocycles. The van der Waals surface area contributed by atoms with Crippen molar-refractivity contribution in [2.75, 3.05) is 5.43 Å². The number of nitrogens with two attached hydrogens (primary N) is 1. The Morgan fingerprint density at radius 2 is 2.06 bits per heavy atom. The van der Waals surface area contributed by atoms with Crippen LogP contribution in [0, 0.1) is 28.4 Å². The first kappa shape index (κ1) is 14.2. The number of nitriles is 1. The maximum absolute atomic E-state index is 13.5. The number of anilines is 1. The molecule has 0 aromatic heterocycles. The SMILES string of the molecule is N#C/C(=N\Nc1cc(Cl)c(F)c(Cl)c1F)C(=N)N. The Hall–Kier alpha value is -1.91. The van der Waals surface area contributed by atoms with E-state index in [2.05, 4.69) is 10.5 Å². The summed E-state index contributed by atoms with van der Waals surface area (Å²) in [6, 6.07) is 2.41. The summed E-state index contributed by atoms with van der Waals surface area (Å²) in [5.41, 5.74) is 6.29. The van der Waals surface area contributed by atoms with Crippen molar-refractivity contribution in [3.63, 3.8) is 0 Å². The van der Waals surface area contributed by atoms with Gasteiger partial charge in [-0.15, -0.1) is 0 Å². The van der Waals surface area contributed by atoms with Gasteiger partial charge in [0.25, 0.3) is 0 Å². The molecular weight excluding hydrogens is 287 g/mol. The van der Waals surface area contributed by atoms with Crippen molar-refractivity contribution in [1.29, 1.82) is 10.7 Å². The predicted octanol–water partition coefficient (Wildman–Crippen LogP) is 2.50. The summed E-state index contributed by atoms with van der Waals surface area (Å²) in [5.74, 6) is -2.83. The highest BCUT2D eigenvalue weighted by atomic mass is 35.5. The fraction of sp³-hybridized carbons (Fsp3) is 0. The maximum Gasteiger partial charge on any atom is 0.201 e. The van der Waals surface area contributed by atoms with Crippen molar-refractivity contribution in [1.82, 2.24) is 0 Å². The highest BCUT2D eigenvalue weighted by molar-refractivity contribution is 6.45. The number of hydrazone groups is 1. The molecule has 0 spiro atoms. The van der Waals surface area contributed by atoms with E-state index in [1.807, 2.05) is 0 Å². The van der Waals surface area contributed by atoms with E-state index in [4.69, 9.17) is 39.6 Å². The molecule has 9 heteroatoms. The van der Waals surface area contributed by atoms with E-state index in [0.717, 1.165) is 6.07 Å². The van der Waals surface area contributed by atoms with Crippen LogP contribution in [0.1, 0.15) is 0 Å². The molecule has 1 rings (SSSR count). The summed E-state index contributed by atoms with van der Waals surface area (Å²) in [7, 11) is 0. The van der Waals surface area contributed by atoms with E-state index in [9.17, 15) is 8.78 Å². The second-order valence-electron chi connectivity index (χ2n) is 2.95. The molecule has 0 atom stereocenters. The number of hydrogen-bond donors (Lipinski definition) is 3. The zero-order valence-electron chi connectivity index (χ0n) is 8.56.